The van der Waals surface area contributed by atoms with Gasteiger partial charge in [0.2, 0.25) is 0 Å². The normalized spacial score (nSPS) is 23.9. The van der Waals surface area contributed by atoms with Crippen LogP contribution in [-0.4, -0.2) is 41.0 Å². The van der Waals surface area contributed by atoms with Crippen LogP contribution < -0.4 is 0 Å². The van der Waals surface area contributed by atoms with Crippen LogP contribution >= 0.6 is 0 Å². The molecule has 4 aromatic heterocycles. The van der Waals surface area contributed by atoms with E-state index in [4.69, 9.17) is 9.97 Å². The molecule has 3 saturated carbocycles. The van der Waals surface area contributed by atoms with Crippen molar-refractivity contribution in [3.63, 3.8) is 0 Å². The van der Waals surface area contributed by atoms with Gasteiger partial charge in [-0.3, -0.25) is 4.79 Å². The Morgan fingerprint density at radius 2 is 1.82 bits per heavy atom. The first-order valence-electron chi connectivity index (χ1n) is 11.6. The number of rotatable bonds is 5. The number of nitrogens with zero attached hydrogens (tertiary/aromatic N) is 5. The van der Waals surface area contributed by atoms with Gasteiger partial charge in [-0.2, -0.15) is 0 Å². The highest BCUT2D eigenvalue weighted by Gasteiger charge is 2.47. The van der Waals surface area contributed by atoms with Crippen LogP contribution in [0.25, 0.3) is 33.7 Å². The second-order valence-corrected chi connectivity index (χ2v) is 9.35. The highest BCUT2D eigenvalue weighted by molar-refractivity contribution is 5.91. The number of aliphatic carboxylic acids is 1. The van der Waals surface area contributed by atoms with Crippen LogP contribution in [0.1, 0.15) is 31.4 Å². The van der Waals surface area contributed by atoms with Crippen molar-refractivity contribution in [1.82, 2.24) is 29.9 Å². The zero-order valence-corrected chi connectivity index (χ0v) is 18.4. The van der Waals surface area contributed by atoms with Crippen molar-refractivity contribution in [2.24, 2.45) is 23.7 Å². The second kappa shape index (κ2) is 8.23. The summed E-state index contributed by atoms with van der Waals surface area (Å²) in [7, 11) is 0. The predicted molar refractivity (Wildman–Crippen MR) is 122 cm³/mol. The number of carbonyl (C=O) groups is 1. The Bertz CT molecular complexity index is 1370. The zero-order valence-electron chi connectivity index (χ0n) is 18.4. The Morgan fingerprint density at radius 1 is 1.06 bits per heavy atom. The molecule has 0 aromatic carbocycles. The van der Waals surface area contributed by atoms with Crippen molar-refractivity contribution in [2.45, 2.75) is 32.1 Å². The summed E-state index contributed by atoms with van der Waals surface area (Å²) in [5.41, 5.74) is 3.34. The average Bonchev–Trinajstić information content (AvgIpc) is 3.28. The van der Waals surface area contributed by atoms with Gasteiger partial charge in [0.15, 0.2) is 5.82 Å². The van der Waals surface area contributed by atoms with Crippen molar-refractivity contribution in [2.75, 3.05) is 0 Å². The monoisotopic (exact) mass is 458 g/mol. The Kier molecular flexibility index (Phi) is 5.04. The van der Waals surface area contributed by atoms with E-state index in [2.05, 4.69) is 19.9 Å². The topological polar surface area (TPSA) is 118 Å². The fourth-order valence-electron chi connectivity index (χ4n) is 5.96. The lowest BCUT2D eigenvalue weighted by atomic mass is 9.57. The molecule has 4 heterocycles. The van der Waals surface area contributed by atoms with E-state index < -0.39 is 11.8 Å². The molecule has 172 valence electrons. The van der Waals surface area contributed by atoms with E-state index in [1.54, 1.807) is 18.6 Å². The molecule has 0 amide bonds. The summed E-state index contributed by atoms with van der Waals surface area (Å²) >= 11 is 0. The molecule has 3 aliphatic rings. The minimum absolute atomic E-state index is 0.0368. The standard InChI is InChI=1S/C25H23FN6O2/c26-16-5-19-20(11-30-23(19)29-10-16)24-31-17(7-21(32-24)15-8-27-12-28-9-15)6-18-13-1-3-14(4-2-13)22(18)25(33)34/h5,7-14,18,22H,1-4,6H2,(H,29,30)(H,33,34). The first kappa shape index (κ1) is 20.8. The molecule has 3 aliphatic carbocycles. The number of hydrogen-bond donors (Lipinski definition) is 2. The molecular formula is C25H23FN6O2. The van der Waals surface area contributed by atoms with Gasteiger partial charge in [0.1, 0.15) is 17.8 Å². The first-order valence-corrected chi connectivity index (χ1v) is 11.6. The molecule has 0 radical (unpaired) electrons. The van der Waals surface area contributed by atoms with E-state index in [-0.39, 0.29) is 17.8 Å². The smallest absolute Gasteiger partial charge is 0.307 e. The molecule has 3 fully saturated rings. The van der Waals surface area contributed by atoms with Gasteiger partial charge in [-0.1, -0.05) is 0 Å². The second-order valence-electron chi connectivity index (χ2n) is 9.35. The number of aromatic nitrogens is 6. The number of hydrogen-bond acceptors (Lipinski definition) is 6. The van der Waals surface area contributed by atoms with Crippen LogP contribution in [0.5, 0.6) is 0 Å². The van der Waals surface area contributed by atoms with Crippen molar-refractivity contribution >= 4 is 17.0 Å². The van der Waals surface area contributed by atoms with Crippen LogP contribution in [0.15, 0.2) is 43.2 Å². The van der Waals surface area contributed by atoms with Crippen molar-refractivity contribution in [3.8, 4) is 22.6 Å². The maximum Gasteiger partial charge on any atom is 0.307 e. The first-order chi connectivity index (χ1) is 16.6. The van der Waals surface area contributed by atoms with Gasteiger partial charge in [-0.25, -0.2) is 29.3 Å². The summed E-state index contributed by atoms with van der Waals surface area (Å²) in [6, 6.07) is 3.31. The maximum atomic E-state index is 14.0. The van der Waals surface area contributed by atoms with Crippen molar-refractivity contribution < 1.29 is 14.3 Å². The third-order valence-electron chi connectivity index (χ3n) is 7.50. The third-order valence-corrected chi connectivity index (χ3v) is 7.50. The summed E-state index contributed by atoms with van der Waals surface area (Å²) in [5.74, 6) is -0.400. The molecule has 2 unspecified atom stereocenters. The molecule has 0 aliphatic heterocycles. The number of pyridine rings is 1. The van der Waals surface area contributed by atoms with E-state index in [9.17, 15) is 14.3 Å². The molecule has 9 heteroatoms. The van der Waals surface area contributed by atoms with Crippen LogP contribution in [-0.2, 0) is 11.2 Å². The Balaban J connectivity index is 1.46. The zero-order chi connectivity index (χ0) is 23.2. The van der Waals surface area contributed by atoms with Crippen molar-refractivity contribution in [3.05, 3.63) is 54.8 Å². The Hall–Kier alpha value is -3.75. The molecule has 2 atom stereocenters. The molecule has 34 heavy (non-hydrogen) atoms. The third kappa shape index (κ3) is 3.61. The van der Waals surface area contributed by atoms with Gasteiger partial charge >= 0.3 is 5.97 Å². The lowest BCUT2D eigenvalue weighted by molar-refractivity contribution is -0.152. The molecule has 8 nitrogen and oxygen atoms in total. The van der Waals surface area contributed by atoms with Gasteiger partial charge in [0.05, 0.1) is 17.8 Å². The number of fused-ring (bicyclic) bond motifs is 4. The maximum absolute atomic E-state index is 14.0. The van der Waals surface area contributed by atoms with Crippen LogP contribution in [0.4, 0.5) is 4.39 Å². The van der Waals surface area contributed by atoms with E-state index >= 15 is 0 Å². The molecule has 0 spiro atoms. The van der Waals surface area contributed by atoms with E-state index in [0.717, 1.165) is 43.1 Å². The molecule has 2 bridgehead atoms. The van der Waals surface area contributed by atoms with Crippen LogP contribution in [0, 0.1) is 29.5 Å². The van der Waals surface area contributed by atoms with Gasteiger partial charge in [0.25, 0.3) is 0 Å². The number of carboxylic acids is 1. The fraction of sp³-hybridized carbons (Fsp3) is 0.360. The molecular weight excluding hydrogens is 435 g/mol. The minimum Gasteiger partial charge on any atom is -0.481 e. The van der Waals surface area contributed by atoms with Gasteiger partial charge in [0, 0.05) is 40.8 Å². The number of aromatic amines is 1. The summed E-state index contributed by atoms with van der Waals surface area (Å²) in [5, 5.41) is 10.6. The van der Waals surface area contributed by atoms with Crippen LogP contribution in [0.2, 0.25) is 0 Å². The lowest BCUT2D eigenvalue weighted by Gasteiger charge is -2.46. The van der Waals surface area contributed by atoms with E-state index in [0.29, 0.717) is 40.5 Å². The largest absolute Gasteiger partial charge is 0.481 e. The minimum atomic E-state index is -0.705. The summed E-state index contributed by atoms with van der Waals surface area (Å²) < 4.78 is 14.0. The highest BCUT2D eigenvalue weighted by Crippen LogP contribution is 2.50. The summed E-state index contributed by atoms with van der Waals surface area (Å²) in [6.07, 6.45) is 12.4. The number of halogens is 1. The summed E-state index contributed by atoms with van der Waals surface area (Å²) in [6.45, 7) is 0. The number of nitrogens with one attached hydrogen (secondary N) is 1. The van der Waals surface area contributed by atoms with Gasteiger partial charge < -0.3 is 10.1 Å². The highest BCUT2D eigenvalue weighted by atomic mass is 19.1. The molecule has 4 aromatic rings. The number of H-pyrrole nitrogens is 1. The van der Waals surface area contributed by atoms with E-state index in [1.165, 1.54) is 12.4 Å². The van der Waals surface area contributed by atoms with E-state index in [1.807, 2.05) is 6.07 Å². The quantitative estimate of drug-likeness (QED) is 0.458. The molecule has 0 saturated heterocycles. The Labute approximate surface area is 194 Å². The lowest BCUT2D eigenvalue weighted by Crippen LogP contribution is -2.45. The number of carboxylic acid groups (broad SMARTS) is 1. The SMILES string of the molecule is O=C(O)C1C2CCC(CC2)C1Cc1cc(-c2cncnc2)nc(-c2c[nH]c3ncc(F)cc23)n1. The van der Waals surface area contributed by atoms with Gasteiger partial charge in [-0.15, -0.1) is 0 Å². The summed E-state index contributed by atoms with van der Waals surface area (Å²) in [4.78, 5) is 37.1. The van der Waals surface area contributed by atoms with Crippen molar-refractivity contribution in [1.29, 1.82) is 0 Å². The predicted octanol–water partition coefficient (Wildman–Crippen LogP) is 4.30. The van der Waals surface area contributed by atoms with Crippen LogP contribution in [0.3, 0.4) is 0 Å². The molecule has 2 N–H and O–H groups in total. The Morgan fingerprint density at radius 3 is 2.59 bits per heavy atom. The van der Waals surface area contributed by atoms with Gasteiger partial charge in [-0.05, 0) is 62.0 Å². The fourth-order valence-corrected chi connectivity index (χ4v) is 5.96. The average molecular weight is 458 g/mol. The molecule has 7 rings (SSSR count).